The van der Waals surface area contributed by atoms with E-state index < -0.39 is 0 Å². The Kier molecular flexibility index (Phi) is 4.13. The normalized spacial score (nSPS) is 22.0. The average Bonchev–Trinajstić information content (AvgIpc) is 2.83. The smallest absolute Gasteiger partial charge is 0.123 e. The fraction of sp³-hybridized carbons (Fsp3) is 0.571. The molecule has 0 amide bonds. The third-order valence-corrected chi connectivity index (χ3v) is 3.66. The highest BCUT2D eigenvalue weighted by atomic mass is 19.1. The van der Waals surface area contributed by atoms with E-state index in [2.05, 4.69) is 24.2 Å². The third-order valence-electron chi connectivity index (χ3n) is 3.66. The summed E-state index contributed by atoms with van der Waals surface area (Å²) >= 11 is 0. The van der Waals surface area contributed by atoms with E-state index in [1.165, 1.54) is 12.0 Å². The van der Waals surface area contributed by atoms with Crippen LogP contribution in [0.3, 0.4) is 0 Å². The van der Waals surface area contributed by atoms with Gasteiger partial charge in [0.05, 0.1) is 0 Å². The Bertz CT molecular complexity index is 344. The van der Waals surface area contributed by atoms with Gasteiger partial charge in [-0.15, -0.1) is 0 Å². The van der Waals surface area contributed by atoms with Gasteiger partial charge in [0, 0.05) is 19.1 Å². The number of hydrogen-bond acceptors (Lipinski definition) is 2. The van der Waals surface area contributed by atoms with Crippen LogP contribution in [-0.2, 0) is 0 Å². The molecule has 0 saturated carbocycles. The zero-order valence-corrected chi connectivity index (χ0v) is 10.6. The minimum atomic E-state index is -0.158. The molecular formula is C14H21FN2. The summed E-state index contributed by atoms with van der Waals surface area (Å²) in [5.74, 6) is 0.287. The summed E-state index contributed by atoms with van der Waals surface area (Å²) in [6.45, 7) is 5.44. The lowest BCUT2D eigenvalue weighted by molar-refractivity contribution is 0.245. The number of rotatable bonds is 4. The lowest BCUT2D eigenvalue weighted by atomic mass is 10.00. The van der Waals surface area contributed by atoms with Crippen LogP contribution in [-0.4, -0.2) is 37.6 Å². The van der Waals surface area contributed by atoms with Gasteiger partial charge in [0.2, 0.25) is 0 Å². The molecule has 0 radical (unpaired) electrons. The summed E-state index contributed by atoms with van der Waals surface area (Å²) in [5.41, 5.74) is 1.21. The van der Waals surface area contributed by atoms with E-state index in [9.17, 15) is 4.39 Å². The molecule has 2 rings (SSSR count). The highest BCUT2D eigenvalue weighted by molar-refractivity contribution is 5.20. The van der Waals surface area contributed by atoms with Crippen LogP contribution >= 0.6 is 0 Å². The molecule has 1 aliphatic rings. The van der Waals surface area contributed by atoms with Gasteiger partial charge in [0.25, 0.3) is 0 Å². The van der Waals surface area contributed by atoms with Crippen LogP contribution in [0.1, 0.15) is 24.8 Å². The molecule has 94 valence electrons. The van der Waals surface area contributed by atoms with Crippen LogP contribution in [0, 0.1) is 5.82 Å². The van der Waals surface area contributed by atoms with Gasteiger partial charge in [-0.1, -0.05) is 19.1 Å². The topological polar surface area (TPSA) is 15.3 Å². The summed E-state index contributed by atoms with van der Waals surface area (Å²) in [5, 5.41) is 3.38. The second-order valence-corrected chi connectivity index (χ2v) is 5.04. The fourth-order valence-corrected chi connectivity index (χ4v) is 2.49. The number of likely N-dealkylation sites (N-methyl/N-ethyl adjacent to an activating group) is 1. The monoisotopic (exact) mass is 236 g/mol. The minimum absolute atomic E-state index is 0.158. The van der Waals surface area contributed by atoms with Crippen LogP contribution in [0.25, 0.3) is 0 Å². The minimum Gasteiger partial charge on any atom is -0.315 e. The molecule has 0 spiro atoms. The molecule has 1 N–H and O–H groups in total. The van der Waals surface area contributed by atoms with Crippen LogP contribution in [0.5, 0.6) is 0 Å². The Morgan fingerprint density at radius 1 is 1.41 bits per heavy atom. The standard InChI is InChI=1S/C14H21FN2/c1-11(12-3-5-13(15)6-4-12)10-17(2)14-7-8-16-9-14/h3-6,11,14,16H,7-10H2,1-2H3. The van der Waals surface area contributed by atoms with Crippen molar-refractivity contribution in [2.45, 2.75) is 25.3 Å². The molecule has 17 heavy (non-hydrogen) atoms. The summed E-state index contributed by atoms with van der Waals surface area (Å²) in [4.78, 5) is 2.41. The maximum atomic E-state index is 12.8. The molecule has 2 nitrogen and oxygen atoms in total. The van der Waals surface area contributed by atoms with Gasteiger partial charge in [-0.3, -0.25) is 0 Å². The lowest BCUT2D eigenvalue weighted by Crippen LogP contribution is -2.35. The number of hydrogen-bond donors (Lipinski definition) is 1. The Hall–Kier alpha value is -0.930. The summed E-state index contributed by atoms with van der Waals surface area (Å²) in [6, 6.07) is 7.52. The second kappa shape index (κ2) is 5.61. The van der Waals surface area contributed by atoms with Crippen LogP contribution in [0.15, 0.2) is 24.3 Å². The molecule has 2 unspecified atom stereocenters. The van der Waals surface area contributed by atoms with Crippen LogP contribution in [0.2, 0.25) is 0 Å². The van der Waals surface area contributed by atoms with Crippen molar-refractivity contribution in [1.82, 2.24) is 10.2 Å². The van der Waals surface area contributed by atoms with Gasteiger partial charge in [-0.2, -0.15) is 0 Å². The molecule has 0 bridgehead atoms. The van der Waals surface area contributed by atoms with Gasteiger partial charge in [-0.25, -0.2) is 4.39 Å². The van der Waals surface area contributed by atoms with Gasteiger partial charge in [-0.05, 0) is 43.6 Å². The zero-order chi connectivity index (χ0) is 12.3. The maximum absolute atomic E-state index is 12.8. The molecule has 1 heterocycles. The molecule has 1 aliphatic heterocycles. The highest BCUT2D eigenvalue weighted by Gasteiger charge is 2.20. The van der Waals surface area contributed by atoms with Gasteiger partial charge < -0.3 is 10.2 Å². The first-order chi connectivity index (χ1) is 8.16. The molecule has 1 fully saturated rings. The van der Waals surface area contributed by atoms with Crippen molar-refractivity contribution >= 4 is 0 Å². The number of halogens is 1. The van der Waals surface area contributed by atoms with Crippen molar-refractivity contribution in [3.05, 3.63) is 35.6 Å². The Morgan fingerprint density at radius 3 is 2.71 bits per heavy atom. The number of nitrogens with one attached hydrogen (secondary N) is 1. The Morgan fingerprint density at radius 2 is 2.12 bits per heavy atom. The van der Waals surface area contributed by atoms with Crippen molar-refractivity contribution in [1.29, 1.82) is 0 Å². The van der Waals surface area contributed by atoms with E-state index in [0.717, 1.165) is 19.6 Å². The first-order valence-corrected chi connectivity index (χ1v) is 6.33. The third kappa shape index (κ3) is 3.27. The zero-order valence-electron chi connectivity index (χ0n) is 10.6. The molecule has 1 aromatic rings. The van der Waals surface area contributed by atoms with E-state index in [1.54, 1.807) is 12.1 Å². The predicted octanol–water partition coefficient (Wildman–Crippen LogP) is 2.22. The van der Waals surface area contributed by atoms with E-state index in [4.69, 9.17) is 0 Å². The maximum Gasteiger partial charge on any atom is 0.123 e. The first kappa shape index (κ1) is 12.5. The SMILES string of the molecule is CC(CN(C)C1CCNC1)c1ccc(F)cc1. The van der Waals surface area contributed by atoms with Crippen molar-refractivity contribution in [2.75, 3.05) is 26.7 Å². The summed E-state index contributed by atoms with van der Waals surface area (Å²) in [6.07, 6.45) is 1.23. The van der Waals surface area contributed by atoms with Crippen molar-refractivity contribution in [3.8, 4) is 0 Å². The van der Waals surface area contributed by atoms with Crippen molar-refractivity contribution in [3.63, 3.8) is 0 Å². The van der Waals surface area contributed by atoms with Crippen LogP contribution in [0.4, 0.5) is 4.39 Å². The lowest BCUT2D eigenvalue weighted by Gasteiger charge is -2.26. The van der Waals surface area contributed by atoms with E-state index in [1.807, 2.05) is 12.1 Å². The molecular weight excluding hydrogens is 215 g/mol. The summed E-state index contributed by atoms with van der Waals surface area (Å²) < 4.78 is 12.8. The van der Waals surface area contributed by atoms with Crippen molar-refractivity contribution < 1.29 is 4.39 Å². The quantitative estimate of drug-likeness (QED) is 0.862. The molecule has 3 heteroatoms. The predicted molar refractivity (Wildman–Crippen MR) is 68.7 cm³/mol. The van der Waals surface area contributed by atoms with Crippen molar-refractivity contribution in [2.24, 2.45) is 0 Å². The van der Waals surface area contributed by atoms with Gasteiger partial charge in [0.15, 0.2) is 0 Å². The van der Waals surface area contributed by atoms with E-state index >= 15 is 0 Å². The molecule has 1 saturated heterocycles. The Labute approximate surface area is 103 Å². The number of nitrogens with zero attached hydrogens (tertiary/aromatic N) is 1. The second-order valence-electron chi connectivity index (χ2n) is 5.04. The largest absolute Gasteiger partial charge is 0.315 e. The summed E-state index contributed by atoms with van der Waals surface area (Å²) in [7, 11) is 2.18. The molecule has 0 aliphatic carbocycles. The van der Waals surface area contributed by atoms with E-state index in [0.29, 0.717) is 12.0 Å². The molecule has 1 aromatic carbocycles. The van der Waals surface area contributed by atoms with Crippen LogP contribution < -0.4 is 5.32 Å². The molecule has 0 aromatic heterocycles. The van der Waals surface area contributed by atoms with Gasteiger partial charge in [0.1, 0.15) is 5.82 Å². The van der Waals surface area contributed by atoms with Gasteiger partial charge >= 0.3 is 0 Å². The van der Waals surface area contributed by atoms with E-state index in [-0.39, 0.29) is 5.82 Å². The molecule has 2 atom stereocenters. The average molecular weight is 236 g/mol. The first-order valence-electron chi connectivity index (χ1n) is 6.33. The highest BCUT2D eigenvalue weighted by Crippen LogP contribution is 2.18. The Balaban J connectivity index is 1.91. The fourth-order valence-electron chi connectivity index (χ4n) is 2.49. The number of benzene rings is 1.